The fourth-order valence-corrected chi connectivity index (χ4v) is 1.54. The quantitative estimate of drug-likeness (QED) is 0.853. The summed E-state index contributed by atoms with van der Waals surface area (Å²) >= 11 is 0. The Labute approximate surface area is 113 Å². The first-order valence-electron chi connectivity index (χ1n) is 6.31. The predicted octanol–water partition coefficient (Wildman–Crippen LogP) is 1.65. The maximum atomic E-state index is 13.3. The SMILES string of the molecule is CC(N)C(C)C(=O)N(C)CCOc1ccccc1F. The predicted molar refractivity (Wildman–Crippen MR) is 72.3 cm³/mol. The highest BCUT2D eigenvalue weighted by molar-refractivity contribution is 5.78. The van der Waals surface area contributed by atoms with Gasteiger partial charge >= 0.3 is 0 Å². The molecule has 0 bridgehead atoms. The van der Waals surface area contributed by atoms with Crippen LogP contribution in [0.5, 0.6) is 5.75 Å². The maximum Gasteiger partial charge on any atom is 0.226 e. The van der Waals surface area contributed by atoms with Crippen molar-refractivity contribution in [3.05, 3.63) is 30.1 Å². The zero-order valence-corrected chi connectivity index (χ0v) is 11.6. The molecule has 4 nitrogen and oxygen atoms in total. The van der Waals surface area contributed by atoms with Crippen LogP contribution in [0, 0.1) is 11.7 Å². The highest BCUT2D eigenvalue weighted by atomic mass is 19.1. The number of benzene rings is 1. The maximum absolute atomic E-state index is 13.3. The van der Waals surface area contributed by atoms with Gasteiger partial charge in [-0.25, -0.2) is 4.39 Å². The van der Waals surface area contributed by atoms with E-state index in [1.54, 1.807) is 44.0 Å². The van der Waals surface area contributed by atoms with Crippen molar-refractivity contribution in [2.45, 2.75) is 19.9 Å². The van der Waals surface area contributed by atoms with Gasteiger partial charge in [0.25, 0.3) is 0 Å². The van der Waals surface area contributed by atoms with Gasteiger partial charge in [0.1, 0.15) is 6.61 Å². The van der Waals surface area contributed by atoms with E-state index in [9.17, 15) is 9.18 Å². The molecule has 1 amide bonds. The monoisotopic (exact) mass is 268 g/mol. The molecule has 106 valence electrons. The summed E-state index contributed by atoms with van der Waals surface area (Å²) in [6.07, 6.45) is 0. The first kappa shape index (κ1) is 15.4. The lowest BCUT2D eigenvalue weighted by molar-refractivity contribution is -0.134. The van der Waals surface area contributed by atoms with Crippen molar-refractivity contribution in [3.8, 4) is 5.75 Å². The molecule has 5 heteroatoms. The van der Waals surface area contributed by atoms with Gasteiger partial charge in [-0.1, -0.05) is 19.1 Å². The average molecular weight is 268 g/mol. The lowest BCUT2D eigenvalue weighted by Gasteiger charge is -2.23. The zero-order valence-electron chi connectivity index (χ0n) is 11.6. The molecule has 0 spiro atoms. The number of hydrogen-bond donors (Lipinski definition) is 1. The lowest BCUT2D eigenvalue weighted by atomic mass is 10.0. The van der Waals surface area contributed by atoms with Crippen LogP contribution in [0.15, 0.2) is 24.3 Å². The number of amides is 1. The number of nitrogens with two attached hydrogens (primary N) is 1. The minimum atomic E-state index is -0.402. The van der Waals surface area contributed by atoms with E-state index >= 15 is 0 Å². The van der Waals surface area contributed by atoms with Crippen LogP contribution < -0.4 is 10.5 Å². The Balaban J connectivity index is 2.41. The second kappa shape index (κ2) is 7.09. The van der Waals surface area contributed by atoms with Gasteiger partial charge < -0.3 is 15.4 Å². The molecule has 0 aliphatic heterocycles. The Hall–Kier alpha value is -1.62. The van der Waals surface area contributed by atoms with Crippen LogP contribution in [-0.4, -0.2) is 37.0 Å². The smallest absolute Gasteiger partial charge is 0.226 e. The number of carbonyl (C=O) groups excluding carboxylic acids is 1. The van der Waals surface area contributed by atoms with Crippen LogP contribution in [0.1, 0.15) is 13.8 Å². The molecule has 0 aliphatic rings. The second-order valence-electron chi connectivity index (χ2n) is 4.69. The minimum Gasteiger partial charge on any atom is -0.489 e. The molecule has 2 atom stereocenters. The van der Waals surface area contributed by atoms with Gasteiger partial charge in [-0.15, -0.1) is 0 Å². The number of nitrogens with zero attached hydrogens (tertiary/aromatic N) is 1. The molecule has 1 rings (SSSR count). The van der Waals surface area contributed by atoms with Gasteiger partial charge in [0, 0.05) is 13.1 Å². The number of rotatable bonds is 6. The van der Waals surface area contributed by atoms with Crippen LogP contribution >= 0.6 is 0 Å². The number of halogens is 1. The van der Waals surface area contributed by atoms with E-state index in [4.69, 9.17) is 10.5 Å². The molecule has 1 aromatic rings. The topological polar surface area (TPSA) is 55.6 Å². The van der Waals surface area contributed by atoms with Gasteiger partial charge in [-0.05, 0) is 19.1 Å². The Bertz CT molecular complexity index is 424. The van der Waals surface area contributed by atoms with Crippen LogP contribution in [0.25, 0.3) is 0 Å². The van der Waals surface area contributed by atoms with Gasteiger partial charge in [0.2, 0.25) is 5.91 Å². The number of hydrogen-bond acceptors (Lipinski definition) is 3. The molecule has 19 heavy (non-hydrogen) atoms. The third kappa shape index (κ3) is 4.52. The summed E-state index contributed by atoms with van der Waals surface area (Å²) in [6, 6.07) is 6.00. The Morgan fingerprint density at radius 2 is 2.05 bits per heavy atom. The van der Waals surface area contributed by atoms with Crippen LogP contribution in [0.2, 0.25) is 0 Å². The molecule has 0 aliphatic carbocycles. The molecule has 0 saturated heterocycles. The van der Waals surface area contributed by atoms with Crippen molar-refractivity contribution in [1.29, 1.82) is 0 Å². The normalized spacial score (nSPS) is 13.7. The van der Waals surface area contributed by atoms with Crippen molar-refractivity contribution in [3.63, 3.8) is 0 Å². The average Bonchev–Trinajstić information content (AvgIpc) is 2.38. The van der Waals surface area contributed by atoms with Crippen LogP contribution in [-0.2, 0) is 4.79 Å². The largest absolute Gasteiger partial charge is 0.489 e. The van der Waals surface area contributed by atoms with Gasteiger partial charge in [0.15, 0.2) is 11.6 Å². The molecule has 1 aromatic carbocycles. The Morgan fingerprint density at radius 3 is 2.63 bits per heavy atom. The van der Waals surface area contributed by atoms with Crippen molar-refractivity contribution in [2.24, 2.45) is 11.7 Å². The number of para-hydroxylation sites is 1. The van der Waals surface area contributed by atoms with E-state index in [0.29, 0.717) is 6.54 Å². The fraction of sp³-hybridized carbons (Fsp3) is 0.500. The number of likely N-dealkylation sites (N-methyl/N-ethyl adjacent to an activating group) is 1. The summed E-state index contributed by atoms with van der Waals surface area (Å²) in [4.78, 5) is 13.5. The summed E-state index contributed by atoms with van der Waals surface area (Å²) < 4.78 is 18.6. The van der Waals surface area contributed by atoms with E-state index in [1.807, 2.05) is 0 Å². The fourth-order valence-electron chi connectivity index (χ4n) is 1.54. The van der Waals surface area contributed by atoms with Gasteiger partial charge in [-0.3, -0.25) is 4.79 Å². The van der Waals surface area contributed by atoms with Gasteiger partial charge in [-0.2, -0.15) is 0 Å². The van der Waals surface area contributed by atoms with E-state index in [2.05, 4.69) is 0 Å². The first-order valence-corrected chi connectivity index (χ1v) is 6.31. The highest BCUT2D eigenvalue weighted by Gasteiger charge is 2.20. The summed E-state index contributed by atoms with van der Waals surface area (Å²) in [7, 11) is 1.69. The minimum absolute atomic E-state index is 0.0351. The van der Waals surface area contributed by atoms with E-state index < -0.39 is 5.82 Å². The van der Waals surface area contributed by atoms with Crippen LogP contribution in [0.4, 0.5) is 4.39 Å². The molecule has 2 unspecified atom stereocenters. The summed E-state index contributed by atoms with van der Waals surface area (Å²) in [6.45, 7) is 4.23. The molecule has 0 fully saturated rings. The Kier molecular flexibility index (Phi) is 5.76. The molecule has 0 heterocycles. The van der Waals surface area contributed by atoms with Crippen molar-refractivity contribution < 1.29 is 13.9 Å². The molecule has 0 radical (unpaired) electrons. The first-order chi connectivity index (χ1) is 8.93. The summed E-state index contributed by atoms with van der Waals surface area (Å²) in [5, 5.41) is 0. The third-order valence-corrected chi connectivity index (χ3v) is 3.08. The van der Waals surface area contributed by atoms with E-state index in [0.717, 1.165) is 0 Å². The second-order valence-corrected chi connectivity index (χ2v) is 4.69. The molecular weight excluding hydrogens is 247 g/mol. The number of carbonyl (C=O) groups is 1. The molecule has 0 saturated carbocycles. The highest BCUT2D eigenvalue weighted by Crippen LogP contribution is 2.15. The molecular formula is C14H21FN2O2. The van der Waals surface area contributed by atoms with Crippen molar-refractivity contribution in [1.82, 2.24) is 4.90 Å². The lowest BCUT2D eigenvalue weighted by Crippen LogP contribution is -2.41. The van der Waals surface area contributed by atoms with Gasteiger partial charge in [0.05, 0.1) is 12.5 Å². The summed E-state index contributed by atoms with van der Waals surface area (Å²) in [5.41, 5.74) is 5.69. The van der Waals surface area contributed by atoms with E-state index in [-0.39, 0.29) is 30.2 Å². The van der Waals surface area contributed by atoms with E-state index in [1.165, 1.54) is 6.07 Å². The van der Waals surface area contributed by atoms with Crippen molar-refractivity contribution >= 4 is 5.91 Å². The standard InChI is InChI=1S/C14H21FN2O2/c1-10(11(2)16)14(18)17(3)8-9-19-13-7-5-4-6-12(13)15/h4-7,10-11H,8-9,16H2,1-3H3. The third-order valence-electron chi connectivity index (χ3n) is 3.08. The Morgan fingerprint density at radius 1 is 1.42 bits per heavy atom. The van der Waals surface area contributed by atoms with Crippen molar-refractivity contribution in [2.75, 3.05) is 20.2 Å². The zero-order chi connectivity index (χ0) is 14.4. The molecule has 2 N–H and O–H groups in total. The number of ether oxygens (including phenoxy) is 1. The summed E-state index contributed by atoms with van der Waals surface area (Å²) in [5.74, 6) is -0.477. The van der Waals surface area contributed by atoms with Crippen LogP contribution in [0.3, 0.4) is 0 Å². The molecule has 0 aromatic heterocycles.